The Morgan fingerprint density at radius 2 is 1.91 bits per heavy atom. The molecule has 0 spiro atoms. The third-order valence-electron chi connectivity index (χ3n) is 5.90. The van der Waals surface area contributed by atoms with Gasteiger partial charge in [-0.2, -0.15) is 0 Å². The minimum Gasteiger partial charge on any atom is -0.307 e. The Kier molecular flexibility index (Phi) is 2.90. The van der Waals surface area contributed by atoms with E-state index in [1.165, 1.54) is 46.6 Å². The average Bonchev–Trinajstić information content (AvgIpc) is 3.19. The molecule has 2 aliphatic carbocycles. The number of thioether (sulfide) groups is 1. The van der Waals surface area contributed by atoms with Crippen molar-refractivity contribution in [1.82, 2.24) is 4.98 Å². The van der Waals surface area contributed by atoms with Crippen LogP contribution in [0.1, 0.15) is 41.2 Å². The summed E-state index contributed by atoms with van der Waals surface area (Å²) in [6, 6.07) is 9.00. The molecule has 114 valence electrons. The summed E-state index contributed by atoms with van der Waals surface area (Å²) in [5, 5.41) is 1.87. The van der Waals surface area contributed by atoms with Gasteiger partial charge in [0.1, 0.15) is 0 Å². The lowest BCUT2D eigenvalue weighted by molar-refractivity contribution is 0.307. The number of fused-ring (bicyclic) bond motifs is 6. The monoisotopic (exact) mass is 329 g/mol. The molecule has 1 aromatic carbocycles. The quantitative estimate of drug-likeness (QED) is 0.841. The molecule has 2 heterocycles. The molecule has 2 saturated carbocycles. The number of nitrogens with one attached hydrogen (secondary N) is 1. The summed E-state index contributed by atoms with van der Waals surface area (Å²) in [6.07, 6.45) is 4.19. The topological polar surface area (TPSA) is 32.9 Å². The van der Waals surface area contributed by atoms with E-state index in [2.05, 4.69) is 36.2 Å². The number of H-pyrrole nitrogens is 1. The number of aryl methyl sites for hydroxylation is 1. The molecule has 0 saturated heterocycles. The van der Waals surface area contributed by atoms with Crippen LogP contribution in [-0.4, -0.2) is 10.2 Å². The molecule has 1 N–H and O–H groups in total. The van der Waals surface area contributed by atoms with Crippen LogP contribution in [0.2, 0.25) is 0 Å². The smallest absolute Gasteiger partial charge is 0.305 e. The zero-order valence-electron chi connectivity index (χ0n) is 12.5. The molecule has 3 aliphatic rings. The molecule has 22 heavy (non-hydrogen) atoms. The van der Waals surface area contributed by atoms with E-state index in [4.69, 9.17) is 0 Å². The summed E-state index contributed by atoms with van der Waals surface area (Å²) in [5.74, 6) is 2.88. The van der Waals surface area contributed by atoms with E-state index >= 15 is 0 Å². The molecule has 2 nitrogen and oxygen atoms in total. The average molecular weight is 329 g/mol. The maximum absolute atomic E-state index is 11.9. The number of aromatic amines is 1. The SMILES string of the molecule is Cc1ccc([C@@H]2c3sc(=O)[nH]c3S[C@@H]3[C@H]4CC[C@H](C4)[C@H]23)cc1. The van der Waals surface area contributed by atoms with Crippen molar-refractivity contribution in [2.75, 3.05) is 0 Å². The molecule has 1 aromatic heterocycles. The van der Waals surface area contributed by atoms with Gasteiger partial charge in [-0.05, 0) is 49.5 Å². The molecular weight excluding hydrogens is 310 g/mol. The third kappa shape index (κ3) is 1.83. The Balaban J connectivity index is 1.68. The fourth-order valence-corrected chi connectivity index (χ4v) is 7.89. The molecule has 0 amide bonds. The highest BCUT2D eigenvalue weighted by molar-refractivity contribution is 8.00. The molecule has 2 aromatic rings. The molecule has 2 bridgehead atoms. The van der Waals surface area contributed by atoms with Gasteiger partial charge in [0.05, 0.1) is 5.03 Å². The summed E-state index contributed by atoms with van der Waals surface area (Å²) < 4.78 is 0. The first-order chi connectivity index (χ1) is 10.7. The van der Waals surface area contributed by atoms with Crippen LogP contribution in [0.3, 0.4) is 0 Å². The number of thiazole rings is 1. The van der Waals surface area contributed by atoms with Gasteiger partial charge in [0.2, 0.25) is 0 Å². The summed E-state index contributed by atoms with van der Waals surface area (Å²) in [6.45, 7) is 2.14. The second-order valence-electron chi connectivity index (χ2n) is 7.09. The van der Waals surface area contributed by atoms with E-state index in [0.717, 1.165) is 22.8 Å². The Bertz CT molecular complexity index is 775. The molecule has 2 fully saturated rings. The number of benzene rings is 1. The third-order valence-corrected chi connectivity index (χ3v) is 8.53. The first-order valence-corrected chi connectivity index (χ1v) is 9.86. The first-order valence-electron chi connectivity index (χ1n) is 8.17. The first kappa shape index (κ1) is 13.4. The van der Waals surface area contributed by atoms with Crippen molar-refractivity contribution in [3.05, 3.63) is 49.9 Å². The predicted octanol–water partition coefficient (Wildman–Crippen LogP) is 4.40. The Hall–Kier alpha value is -1.000. The lowest BCUT2D eigenvalue weighted by Crippen LogP contribution is -2.33. The largest absolute Gasteiger partial charge is 0.307 e. The molecular formula is C18H19NOS2. The number of hydrogen-bond donors (Lipinski definition) is 1. The maximum atomic E-state index is 11.9. The standard InChI is InChI=1S/C18H19NOS2/c1-9-2-4-10(5-3-9)13-14-11-6-7-12(8-11)15(14)21-17-16(13)22-18(20)19-17/h2-5,11-15H,6-8H2,1H3,(H,19,20)/t11-,12+,13+,14-,15-/m1/s1. The van der Waals surface area contributed by atoms with E-state index in [9.17, 15) is 4.79 Å². The maximum Gasteiger partial charge on any atom is 0.305 e. The highest BCUT2D eigenvalue weighted by Crippen LogP contribution is 2.63. The minimum atomic E-state index is 0.113. The van der Waals surface area contributed by atoms with Gasteiger partial charge in [0.15, 0.2) is 0 Å². The molecule has 1 aliphatic heterocycles. The van der Waals surface area contributed by atoms with Crippen LogP contribution in [-0.2, 0) is 0 Å². The summed E-state index contributed by atoms with van der Waals surface area (Å²) >= 11 is 3.41. The van der Waals surface area contributed by atoms with Gasteiger partial charge < -0.3 is 4.98 Å². The van der Waals surface area contributed by atoms with Crippen LogP contribution in [0.15, 0.2) is 34.1 Å². The Morgan fingerprint density at radius 1 is 1.14 bits per heavy atom. The van der Waals surface area contributed by atoms with Crippen LogP contribution < -0.4 is 4.87 Å². The normalized spacial score (nSPS) is 35.4. The Labute approximate surface area is 138 Å². The second kappa shape index (κ2) is 4.75. The van der Waals surface area contributed by atoms with Crippen LogP contribution in [0, 0.1) is 24.7 Å². The van der Waals surface area contributed by atoms with Gasteiger partial charge in [-0.1, -0.05) is 41.2 Å². The number of aromatic nitrogens is 1. The van der Waals surface area contributed by atoms with Crippen molar-refractivity contribution < 1.29 is 0 Å². The molecule has 4 heteroatoms. The highest BCUT2D eigenvalue weighted by Gasteiger charge is 2.54. The minimum absolute atomic E-state index is 0.113. The van der Waals surface area contributed by atoms with Crippen molar-refractivity contribution in [3.63, 3.8) is 0 Å². The van der Waals surface area contributed by atoms with Crippen LogP contribution in [0.5, 0.6) is 0 Å². The van der Waals surface area contributed by atoms with Gasteiger partial charge in [0.25, 0.3) is 0 Å². The van der Waals surface area contributed by atoms with E-state index in [1.807, 2.05) is 11.8 Å². The van der Waals surface area contributed by atoms with Crippen molar-refractivity contribution in [1.29, 1.82) is 0 Å². The van der Waals surface area contributed by atoms with Gasteiger partial charge in [0, 0.05) is 16.0 Å². The van der Waals surface area contributed by atoms with E-state index in [-0.39, 0.29) is 4.87 Å². The van der Waals surface area contributed by atoms with Crippen LogP contribution in [0.25, 0.3) is 0 Å². The zero-order chi connectivity index (χ0) is 14.8. The molecule has 0 unspecified atom stereocenters. The summed E-state index contributed by atoms with van der Waals surface area (Å²) in [7, 11) is 0. The van der Waals surface area contributed by atoms with Crippen molar-refractivity contribution in [2.45, 2.75) is 42.4 Å². The van der Waals surface area contributed by atoms with Crippen LogP contribution >= 0.6 is 23.1 Å². The van der Waals surface area contributed by atoms with Gasteiger partial charge >= 0.3 is 4.87 Å². The van der Waals surface area contributed by atoms with Crippen molar-refractivity contribution >= 4 is 23.1 Å². The van der Waals surface area contributed by atoms with Gasteiger partial charge in [-0.25, -0.2) is 0 Å². The molecule has 5 rings (SSSR count). The number of hydrogen-bond acceptors (Lipinski definition) is 3. The second-order valence-corrected chi connectivity index (χ2v) is 9.29. The Morgan fingerprint density at radius 3 is 2.73 bits per heavy atom. The predicted molar refractivity (Wildman–Crippen MR) is 91.9 cm³/mol. The molecule has 5 atom stereocenters. The van der Waals surface area contributed by atoms with Crippen molar-refractivity contribution in [2.24, 2.45) is 17.8 Å². The fraction of sp³-hybridized carbons (Fsp3) is 0.500. The number of rotatable bonds is 1. The van der Waals surface area contributed by atoms with Gasteiger partial charge in [-0.3, -0.25) is 4.79 Å². The highest BCUT2D eigenvalue weighted by atomic mass is 32.2. The molecule has 0 radical (unpaired) electrons. The van der Waals surface area contributed by atoms with Crippen molar-refractivity contribution in [3.8, 4) is 0 Å². The lowest BCUT2D eigenvalue weighted by atomic mass is 9.75. The fourth-order valence-electron chi connectivity index (χ4n) is 5.00. The van der Waals surface area contributed by atoms with E-state index < -0.39 is 0 Å². The van der Waals surface area contributed by atoms with Crippen LogP contribution in [0.4, 0.5) is 0 Å². The zero-order valence-corrected chi connectivity index (χ0v) is 14.2. The van der Waals surface area contributed by atoms with Gasteiger partial charge in [-0.15, -0.1) is 11.8 Å². The lowest BCUT2D eigenvalue weighted by Gasteiger charge is -2.40. The summed E-state index contributed by atoms with van der Waals surface area (Å²) in [4.78, 5) is 16.5. The van der Waals surface area contributed by atoms with E-state index in [0.29, 0.717) is 11.2 Å². The summed E-state index contributed by atoms with van der Waals surface area (Å²) in [5.41, 5.74) is 2.71. The van der Waals surface area contributed by atoms with E-state index in [1.54, 1.807) is 0 Å².